The summed E-state index contributed by atoms with van der Waals surface area (Å²) >= 11 is 0. The van der Waals surface area contributed by atoms with Gasteiger partial charge in [-0.3, -0.25) is 4.79 Å². The molecule has 198 valence electrons. The van der Waals surface area contributed by atoms with E-state index in [4.69, 9.17) is 30.5 Å². The van der Waals surface area contributed by atoms with Gasteiger partial charge >= 0.3 is 11.9 Å². The minimum Gasteiger partial charge on any atom is -0.493 e. The minimum atomic E-state index is -1.26. The first-order valence-corrected chi connectivity index (χ1v) is 12.3. The third-order valence-corrected chi connectivity index (χ3v) is 6.29. The summed E-state index contributed by atoms with van der Waals surface area (Å²) in [5, 5.41) is 22.2. The maximum absolute atomic E-state index is 13.0. The molecule has 4 N–H and O–H groups in total. The average Bonchev–Trinajstić information content (AvgIpc) is 2.88. The Labute approximate surface area is 211 Å². The largest absolute Gasteiger partial charge is 0.493 e. The van der Waals surface area contributed by atoms with Crippen LogP contribution in [0.4, 0.5) is 0 Å². The third-order valence-electron chi connectivity index (χ3n) is 6.29. The van der Waals surface area contributed by atoms with E-state index >= 15 is 0 Å². The van der Waals surface area contributed by atoms with Gasteiger partial charge in [-0.2, -0.15) is 5.10 Å². The lowest BCUT2D eigenvalue weighted by Gasteiger charge is -2.38. The van der Waals surface area contributed by atoms with Gasteiger partial charge in [-0.05, 0) is 50.4 Å². The van der Waals surface area contributed by atoms with Gasteiger partial charge in [-0.15, -0.1) is 0 Å². The van der Waals surface area contributed by atoms with Gasteiger partial charge in [0.05, 0.1) is 19.9 Å². The highest BCUT2D eigenvalue weighted by Gasteiger charge is 2.41. The zero-order valence-electron chi connectivity index (χ0n) is 21.0. The van der Waals surface area contributed by atoms with Crippen molar-refractivity contribution in [2.75, 3.05) is 27.3 Å². The number of fused-ring (bicyclic) bond motifs is 1. The maximum atomic E-state index is 13.0. The molecule has 2 atom stereocenters. The number of hydrogen-bond donors (Lipinski definition) is 3. The van der Waals surface area contributed by atoms with Crippen molar-refractivity contribution in [2.45, 2.75) is 51.4 Å². The molecule has 1 aliphatic heterocycles. The van der Waals surface area contributed by atoms with Gasteiger partial charge in [0.15, 0.2) is 11.5 Å². The van der Waals surface area contributed by atoms with E-state index in [0.717, 1.165) is 69.2 Å². The van der Waals surface area contributed by atoms with Crippen LogP contribution in [0.15, 0.2) is 35.5 Å². The van der Waals surface area contributed by atoms with Crippen molar-refractivity contribution in [3.05, 3.63) is 35.9 Å². The second kappa shape index (κ2) is 14.9. The summed E-state index contributed by atoms with van der Waals surface area (Å²) in [5.41, 5.74) is 7.61. The Hall–Kier alpha value is -3.40. The molecule has 0 saturated heterocycles. The average molecular weight is 504 g/mol. The maximum Gasteiger partial charge on any atom is 0.328 e. The monoisotopic (exact) mass is 503 g/mol. The normalized spacial score (nSPS) is 19.1. The number of ether oxygens (including phenoxy) is 2. The fraction of sp³-hybridized carbons (Fsp3) is 0.538. The Morgan fingerprint density at radius 2 is 1.61 bits per heavy atom. The Bertz CT molecular complexity index is 945. The second-order valence-corrected chi connectivity index (χ2v) is 8.73. The van der Waals surface area contributed by atoms with Gasteiger partial charge in [0.25, 0.3) is 0 Å². The van der Waals surface area contributed by atoms with Crippen LogP contribution >= 0.6 is 0 Å². The molecule has 36 heavy (non-hydrogen) atoms. The summed E-state index contributed by atoms with van der Waals surface area (Å²) in [4.78, 5) is 32.1. The van der Waals surface area contributed by atoms with Gasteiger partial charge in [-0.1, -0.05) is 25.7 Å². The van der Waals surface area contributed by atoms with E-state index in [2.05, 4.69) is 0 Å². The molecule has 1 amide bonds. The fourth-order valence-electron chi connectivity index (χ4n) is 4.53. The lowest BCUT2D eigenvalue weighted by atomic mass is 9.73. The van der Waals surface area contributed by atoms with Gasteiger partial charge < -0.3 is 25.4 Å². The van der Waals surface area contributed by atoms with Crippen LogP contribution in [0.5, 0.6) is 11.5 Å². The number of aliphatic carboxylic acids is 2. The van der Waals surface area contributed by atoms with Crippen molar-refractivity contribution in [3.63, 3.8) is 0 Å². The number of carbonyl (C=O) groups excluding carboxylic acids is 1. The number of unbranched alkanes of at least 4 members (excludes halogenated alkanes) is 3. The first-order chi connectivity index (χ1) is 17.3. The molecule has 1 aromatic carbocycles. The standard InChI is InChI=1S/C22H33N3O3.C4H4O4/c1-27-19-12-11-16(15-20(19)28-2)21-17-9-5-6-10-18(17)22(26)25(24-21)14-8-4-3-7-13-23;5-3(6)1-2-4(7)8/h11-12,15,17-18H,3-10,13-14,23H2,1-2H3;1-2H,(H,5,6)(H,7,8)/b;2-1+/t17-,18+;/m0./s1. The number of rotatable bonds is 11. The molecule has 1 aliphatic carbocycles. The van der Waals surface area contributed by atoms with Crippen molar-refractivity contribution in [2.24, 2.45) is 22.7 Å². The Kier molecular flexibility index (Phi) is 11.9. The van der Waals surface area contributed by atoms with E-state index in [0.29, 0.717) is 30.2 Å². The molecule has 0 aromatic heterocycles. The lowest BCUT2D eigenvalue weighted by molar-refractivity contribution is -0.139. The van der Waals surface area contributed by atoms with E-state index < -0.39 is 11.9 Å². The van der Waals surface area contributed by atoms with Crippen molar-refractivity contribution in [1.29, 1.82) is 0 Å². The Balaban J connectivity index is 0.000000493. The van der Waals surface area contributed by atoms with Crippen LogP contribution in [0, 0.1) is 11.8 Å². The number of nitrogens with two attached hydrogens (primary N) is 1. The quantitative estimate of drug-likeness (QED) is 0.307. The molecule has 1 aromatic rings. The zero-order valence-corrected chi connectivity index (χ0v) is 21.0. The van der Waals surface area contributed by atoms with E-state index in [1.54, 1.807) is 19.2 Å². The van der Waals surface area contributed by atoms with Crippen molar-refractivity contribution < 1.29 is 34.1 Å². The topological polar surface area (TPSA) is 152 Å². The molecule has 2 aliphatic rings. The number of carbonyl (C=O) groups is 3. The molecule has 10 nitrogen and oxygen atoms in total. The Morgan fingerprint density at radius 3 is 2.19 bits per heavy atom. The number of carboxylic acids is 2. The highest BCUT2D eigenvalue weighted by Crippen LogP contribution is 2.39. The van der Waals surface area contributed by atoms with Gasteiger partial charge in [0.1, 0.15) is 0 Å². The van der Waals surface area contributed by atoms with E-state index in [-0.39, 0.29) is 17.7 Å². The highest BCUT2D eigenvalue weighted by molar-refractivity contribution is 6.07. The summed E-state index contributed by atoms with van der Waals surface area (Å²) in [7, 11) is 3.28. The molecule has 1 saturated carbocycles. The summed E-state index contributed by atoms with van der Waals surface area (Å²) in [6.45, 7) is 1.41. The summed E-state index contributed by atoms with van der Waals surface area (Å²) in [5.74, 6) is -0.658. The van der Waals surface area contributed by atoms with Crippen LogP contribution in [0.2, 0.25) is 0 Å². The van der Waals surface area contributed by atoms with E-state index in [1.807, 2.05) is 18.2 Å². The highest BCUT2D eigenvalue weighted by atomic mass is 16.5. The molecule has 10 heteroatoms. The number of hydrazone groups is 1. The van der Waals surface area contributed by atoms with Crippen molar-refractivity contribution in [1.82, 2.24) is 5.01 Å². The molecule has 0 spiro atoms. The van der Waals surface area contributed by atoms with E-state index in [1.165, 1.54) is 0 Å². The zero-order chi connectivity index (χ0) is 26.5. The first kappa shape index (κ1) is 28.8. The molecule has 0 radical (unpaired) electrons. The van der Waals surface area contributed by atoms with Crippen LogP contribution in [-0.2, 0) is 14.4 Å². The molecule has 0 bridgehead atoms. The SMILES string of the molecule is COc1ccc(C2=NN(CCCCCCN)C(=O)[C@@H]3CCCC[C@H]23)cc1OC.O=C(O)/C=C/C(=O)O. The van der Waals surface area contributed by atoms with Crippen molar-refractivity contribution in [3.8, 4) is 11.5 Å². The van der Waals surface area contributed by atoms with Crippen LogP contribution in [0.25, 0.3) is 0 Å². The predicted octanol–water partition coefficient (Wildman–Crippen LogP) is 3.29. The summed E-state index contributed by atoms with van der Waals surface area (Å²) < 4.78 is 10.9. The number of amides is 1. The van der Waals surface area contributed by atoms with Gasteiger partial charge in [-0.25, -0.2) is 14.6 Å². The fourth-order valence-corrected chi connectivity index (χ4v) is 4.53. The molecular weight excluding hydrogens is 466 g/mol. The third kappa shape index (κ3) is 8.37. The second-order valence-electron chi connectivity index (χ2n) is 8.73. The van der Waals surface area contributed by atoms with Gasteiger partial charge in [0.2, 0.25) is 5.91 Å². The van der Waals surface area contributed by atoms with Gasteiger partial charge in [0, 0.05) is 36.1 Å². The molecule has 3 rings (SSSR count). The van der Waals surface area contributed by atoms with Crippen LogP contribution < -0.4 is 15.2 Å². The number of benzene rings is 1. The molecule has 0 unspecified atom stereocenters. The first-order valence-electron chi connectivity index (χ1n) is 12.3. The summed E-state index contributed by atoms with van der Waals surface area (Å²) in [6, 6.07) is 5.93. The number of hydrogen-bond acceptors (Lipinski definition) is 7. The number of nitrogens with zero attached hydrogens (tertiary/aromatic N) is 2. The molecule has 1 heterocycles. The number of carboxylic acid groups (broad SMARTS) is 2. The molecular formula is C26H37N3O7. The van der Waals surface area contributed by atoms with Crippen LogP contribution in [0.1, 0.15) is 56.9 Å². The van der Waals surface area contributed by atoms with Crippen molar-refractivity contribution >= 4 is 23.6 Å². The smallest absolute Gasteiger partial charge is 0.328 e. The Morgan fingerprint density at radius 1 is 1.00 bits per heavy atom. The molecule has 1 fully saturated rings. The number of methoxy groups -OCH3 is 2. The lowest BCUT2D eigenvalue weighted by Crippen LogP contribution is -2.46. The van der Waals surface area contributed by atoms with Crippen LogP contribution in [-0.4, -0.2) is 66.1 Å². The predicted molar refractivity (Wildman–Crippen MR) is 135 cm³/mol. The minimum absolute atomic E-state index is 0.0541. The van der Waals surface area contributed by atoms with Crippen LogP contribution in [0.3, 0.4) is 0 Å². The van der Waals surface area contributed by atoms with E-state index in [9.17, 15) is 14.4 Å². The summed E-state index contributed by atoms with van der Waals surface area (Å²) in [6.07, 6.45) is 9.56.